The number of halogens is 3. The summed E-state index contributed by atoms with van der Waals surface area (Å²) in [6.07, 6.45) is 0. The molecule has 212 valence electrons. The number of H-pyrrole nitrogens is 1. The number of nitrogens with zero attached hydrogens (tertiary/aromatic N) is 1. The van der Waals surface area contributed by atoms with E-state index in [0.717, 1.165) is 22.8 Å². The Morgan fingerprint density at radius 2 is 1.54 bits per heavy atom. The molecule has 4 aromatic carbocycles. The minimum absolute atomic E-state index is 0.0818. The normalized spacial score (nSPS) is 14.0. The van der Waals surface area contributed by atoms with Gasteiger partial charge in [-0.05, 0) is 60.7 Å². The van der Waals surface area contributed by atoms with E-state index in [9.17, 15) is 9.46 Å². The van der Waals surface area contributed by atoms with Crippen molar-refractivity contribution in [3.63, 3.8) is 0 Å². The second-order valence-electron chi connectivity index (χ2n) is 10.9. The molecule has 0 spiro atoms. The van der Waals surface area contributed by atoms with E-state index in [-0.39, 0.29) is 11.2 Å². The van der Waals surface area contributed by atoms with E-state index in [4.69, 9.17) is 16.1 Å². The molecular formula is C32H30ClF2N2O3P. The van der Waals surface area contributed by atoms with E-state index < -0.39 is 30.5 Å². The molecule has 41 heavy (non-hydrogen) atoms. The maximum Gasteiger partial charge on any atom is 0.359 e. The van der Waals surface area contributed by atoms with Gasteiger partial charge in [-0.25, -0.2) is 4.98 Å². The van der Waals surface area contributed by atoms with Crippen molar-refractivity contribution >= 4 is 35.5 Å². The highest BCUT2D eigenvalue weighted by Crippen LogP contribution is 2.48. The average Bonchev–Trinajstić information content (AvgIpc) is 3.36. The van der Waals surface area contributed by atoms with Gasteiger partial charge in [-0.15, -0.1) is 0 Å². The molecule has 0 aliphatic rings. The Morgan fingerprint density at radius 1 is 0.902 bits per heavy atom. The third-order valence-corrected chi connectivity index (χ3v) is 9.42. The van der Waals surface area contributed by atoms with Crippen LogP contribution in [-0.2, 0) is 15.0 Å². The van der Waals surface area contributed by atoms with Gasteiger partial charge in [0.1, 0.15) is 0 Å². The summed E-state index contributed by atoms with van der Waals surface area (Å²) in [5.74, 6) is -4.28. The zero-order valence-electron chi connectivity index (χ0n) is 23.0. The van der Waals surface area contributed by atoms with Crippen LogP contribution in [0.3, 0.4) is 0 Å². The monoisotopic (exact) mass is 594 g/mol. The summed E-state index contributed by atoms with van der Waals surface area (Å²) >= 11 is 6.57. The summed E-state index contributed by atoms with van der Waals surface area (Å²) in [7, 11) is -4.39. The second kappa shape index (κ2) is 10.8. The van der Waals surface area contributed by atoms with Gasteiger partial charge in [-0.1, -0.05) is 92.2 Å². The fraction of sp³-hybridized carbons (Fsp3) is 0.219. The van der Waals surface area contributed by atoms with Gasteiger partial charge in [-0.2, -0.15) is 8.78 Å². The van der Waals surface area contributed by atoms with Gasteiger partial charge >= 0.3 is 13.5 Å². The molecule has 5 rings (SSSR count). The van der Waals surface area contributed by atoms with Crippen molar-refractivity contribution in [3.8, 4) is 22.3 Å². The van der Waals surface area contributed by atoms with Gasteiger partial charge in [0.05, 0.1) is 27.0 Å². The Kier molecular flexibility index (Phi) is 7.68. The van der Waals surface area contributed by atoms with Crippen LogP contribution < -0.4 is 5.30 Å². The molecule has 1 unspecified atom stereocenters. The lowest BCUT2D eigenvalue weighted by Crippen LogP contribution is -2.31. The lowest BCUT2D eigenvalue weighted by Gasteiger charge is -2.31. The smallest absolute Gasteiger partial charge is 0.337 e. The van der Waals surface area contributed by atoms with Crippen molar-refractivity contribution in [3.05, 3.63) is 107 Å². The molecule has 0 amide bonds. The van der Waals surface area contributed by atoms with E-state index >= 15 is 8.78 Å². The summed E-state index contributed by atoms with van der Waals surface area (Å²) in [4.78, 5) is 17.5. The summed E-state index contributed by atoms with van der Waals surface area (Å²) in [5.41, 5.74) is 2.84. The number of alkyl halides is 2. The van der Waals surface area contributed by atoms with Crippen molar-refractivity contribution in [1.82, 2.24) is 9.97 Å². The third kappa shape index (κ3) is 5.86. The fourth-order valence-electron chi connectivity index (χ4n) is 4.36. The van der Waals surface area contributed by atoms with Gasteiger partial charge in [0.15, 0.2) is 5.82 Å². The zero-order chi connectivity index (χ0) is 29.6. The van der Waals surface area contributed by atoms with Crippen LogP contribution in [0.15, 0.2) is 91.0 Å². The summed E-state index contributed by atoms with van der Waals surface area (Å²) < 4.78 is 50.1. The van der Waals surface area contributed by atoms with E-state index in [0.29, 0.717) is 21.6 Å². The first kappa shape index (κ1) is 29.2. The Bertz CT molecular complexity index is 1750. The largest absolute Gasteiger partial charge is 0.359 e. The molecule has 0 saturated carbocycles. The molecular weight excluding hydrogens is 565 g/mol. The van der Waals surface area contributed by atoms with Crippen molar-refractivity contribution in [2.24, 2.45) is 5.92 Å². The van der Waals surface area contributed by atoms with Crippen LogP contribution in [0.4, 0.5) is 8.78 Å². The van der Waals surface area contributed by atoms with Crippen molar-refractivity contribution in [2.75, 3.05) is 0 Å². The van der Waals surface area contributed by atoms with Gasteiger partial charge in [0.2, 0.25) is 0 Å². The number of hydrogen-bond acceptors (Lipinski definition) is 3. The lowest BCUT2D eigenvalue weighted by atomic mass is 9.95. The van der Waals surface area contributed by atoms with Gasteiger partial charge in [0, 0.05) is 11.1 Å². The number of imidazole rings is 1. The molecule has 2 N–H and O–H groups in total. The van der Waals surface area contributed by atoms with Crippen LogP contribution >= 0.6 is 19.2 Å². The van der Waals surface area contributed by atoms with Crippen molar-refractivity contribution < 1.29 is 22.8 Å². The molecule has 0 aliphatic heterocycles. The predicted octanol–water partition coefficient (Wildman–Crippen LogP) is 8.95. The number of fused-ring (bicyclic) bond motifs is 1. The van der Waals surface area contributed by atoms with E-state index in [2.05, 4.69) is 9.97 Å². The lowest BCUT2D eigenvalue weighted by molar-refractivity contribution is 0.0341. The van der Waals surface area contributed by atoms with E-state index in [1.807, 2.05) is 68.4 Å². The highest BCUT2D eigenvalue weighted by molar-refractivity contribution is 7.61. The molecule has 0 radical (unpaired) electrons. The van der Waals surface area contributed by atoms with Crippen LogP contribution in [0.2, 0.25) is 5.02 Å². The van der Waals surface area contributed by atoms with Crippen LogP contribution in [0.5, 0.6) is 0 Å². The fourth-order valence-corrected chi connectivity index (χ4v) is 6.17. The zero-order valence-corrected chi connectivity index (χ0v) is 24.7. The van der Waals surface area contributed by atoms with Gasteiger partial charge < -0.3 is 9.88 Å². The molecule has 5 nitrogen and oxygen atoms in total. The first-order chi connectivity index (χ1) is 19.3. The highest BCUT2D eigenvalue weighted by Gasteiger charge is 2.40. The minimum atomic E-state index is -4.39. The number of rotatable bonds is 8. The Morgan fingerprint density at radius 3 is 2.20 bits per heavy atom. The number of aromatic amines is 1. The summed E-state index contributed by atoms with van der Waals surface area (Å²) in [5, 5.41) is 0.167. The molecule has 0 saturated heterocycles. The van der Waals surface area contributed by atoms with Crippen LogP contribution in [0, 0.1) is 5.92 Å². The molecule has 0 aliphatic carbocycles. The molecule has 0 fully saturated rings. The minimum Gasteiger partial charge on any atom is -0.337 e. The Hall–Kier alpha value is -3.35. The molecule has 1 heterocycles. The van der Waals surface area contributed by atoms with Crippen molar-refractivity contribution in [2.45, 2.75) is 39.2 Å². The topological polar surface area (TPSA) is 75.2 Å². The predicted molar refractivity (Wildman–Crippen MR) is 161 cm³/mol. The number of nitrogens with one attached hydrogen (secondary N) is 1. The molecule has 0 bridgehead atoms. The maximum atomic E-state index is 15.8. The number of aromatic nitrogens is 2. The van der Waals surface area contributed by atoms with Crippen LogP contribution in [0.25, 0.3) is 33.3 Å². The quantitative estimate of drug-likeness (QED) is 0.176. The molecule has 9 heteroatoms. The molecule has 1 aromatic heterocycles. The van der Waals surface area contributed by atoms with Crippen LogP contribution in [-0.4, -0.2) is 20.5 Å². The van der Waals surface area contributed by atoms with Gasteiger partial charge in [-0.3, -0.25) is 9.09 Å². The van der Waals surface area contributed by atoms with Gasteiger partial charge in [0.25, 0.3) is 0 Å². The summed E-state index contributed by atoms with van der Waals surface area (Å²) in [6.45, 7) is 7.07. The van der Waals surface area contributed by atoms with Crippen LogP contribution in [0.1, 0.15) is 39.1 Å². The van der Waals surface area contributed by atoms with Crippen molar-refractivity contribution in [1.29, 1.82) is 0 Å². The van der Waals surface area contributed by atoms with E-state index in [1.54, 1.807) is 26.0 Å². The standard InChI is InChI=1S/C32H30ClF2N2O3P/c1-20(2)31(3,4)40-41(38,39)25-12-8-11-24(17-25)32(34,35)30-36-28-18-26(27(33)19-29(28)37-30)23-15-13-22(14-16-23)21-9-6-5-7-10-21/h5-20H,1-4H3,(H,36,37)(H,38,39). The third-order valence-electron chi connectivity index (χ3n) is 7.46. The first-order valence-corrected chi connectivity index (χ1v) is 15.1. The maximum absolute atomic E-state index is 15.8. The molecule has 5 aromatic rings. The first-order valence-electron chi connectivity index (χ1n) is 13.2. The second-order valence-corrected chi connectivity index (χ2v) is 13.0. The van der Waals surface area contributed by atoms with E-state index in [1.165, 1.54) is 18.2 Å². The number of hydrogen-bond donors (Lipinski definition) is 2. The average molecular weight is 595 g/mol. The SMILES string of the molecule is CC(C)C(C)(C)OP(=O)(O)c1cccc(C(F)(F)c2nc3cc(-c4ccc(-c5ccccc5)cc4)c(Cl)cc3[nH]2)c1. The molecule has 1 atom stereocenters. The summed E-state index contributed by atoms with van der Waals surface area (Å²) in [6, 6.07) is 25.8. The highest BCUT2D eigenvalue weighted by atomic mass is 35.5. The Balaban J connectivity index is 1.47. The Labute approximate surface area is 242 Å². The number of benzene rings is 4.